The van der Waals surface area contributed by atoms with Crippen LogP contribution in [-0.4, -0.2) is 34.5 Å². The molecule has 1 aliphatic rings. The largest absolute Gasteiger partial charge is 0.481 e. The van der Waals surface area contributed by atoms with E-state index in [4.69, 9.17) is 5.11 Å². The number of likely N-dealkylation sites (tertiary alicyclic amines) is 1. The molecule has 0 radical (unpaired) electrons. The van der Waals surface area contributed by atoms with E-state index >= 15 is 0 Å². The zero-order valence-corrected chi connectivity index (χ0v) is 6.79. The molecule has 4 heteroatoms. The van der Waals surface area contributed by atoms with Gasteiger partial charge in [-0.05, 0) is 13.8 Å². The van der Waals surface area contributed by atoms with Gasteiger partial charge in [-0.1, -0.05) is 0 Å². The third-order valence-electron chi connectivity index (χ3n) is 2.40. The molecule has 4 nitrogen and oxygen atoms in total. The van der Waals surface area contributed by atoms with Crippen molar-refractivity contribution in [2.75, 3.05) is 7.05 Å². The molecule has 1 saturated heterocycles. The number of β-lactam (4-membered cyclic amide) rings is 1. The van der Waals surface area contributed by atoms with Gasteiger partial charge in [0, 0.05) is 7.05 Å². The van der Waals surface area contributed by atoms with E-state index < -0.39 is 17.4 Å². The third kappa shape index (κ3) is 0.818. The van der Waals surface area contributed by atoms with Crippen molar-refractivity contribution in [3.8, 4) is 0 Å². The van der Waals surface area contributed by atoms with E-state index in [-0.39, 0.29) is 5.91 Å². The number of carboxylic acids is 1. The van der Waals surface area contributed by atoms with Crippen molar-refractivity contribution in [3.05, 3.63) is 0 Å². The van der Waals surface area contributed by atoms with Gasteiger partial charge < -0.3 is 10.0 Å². The second-order valence-electron chi connectivity index (χ2n) is 3.32. The minimum absolute atomic E-state index is 0.303. The van der Waals surface area contributed by atoms with Crippen LogP contribution in [-0.2, 0) is 9.59 Å². The van der Waals surface area contributed by atoms with Crippen molar-refractivity contribution in [1.82, 2.24) is 4.90 Å². The number of hydrogen-bond donors (Lipinski definition) is 1. The Morgan fingerprint density at radius 1 is 1.64 bits per heavy atom. The van der Waals surface area contributed by atoms with Crippen LogP contribution in [0.1, 0.15) is 13.8 Å². The minimum Gasteiger partial charge on any atom is -0.481 e. The first-order chi connectivity index (χ1) is 4.89. The molecule has 0 spiro atoms. The van der Waals surface area contributed by atoms with Gasteiger partial charge in [-0.2, -0.15) is 0 Å². The van der Waals surface area contributed by atoms with Crippen LogP contribution < -0.4 is 0 Å². The Kier molecular flexibility index (Phi) is 1.44. The van der Waals surface area contributed by atoms with Crippen molar-refractivity contribution < 1.29 is 14.7 Å². The summed E-state index contributed by atoms with van der Waals surface area (Å²) in [7, 11) is 1.61. The lowest BCUT2D eigenvalue weighted by Gasteiger charge is -2.49. The highest BCUT2D eigenvalue weighted by Gasteiger charge is 2.56. The lowest BCUT2D eigenvalue weighted by molar-refractivity contribution is -0.176. The molecule has 1 atom stereocenters. The van der Waals surface area contributed by atoms with Gasteiger partial charge in [0.15, 0.2) is 5.92 Å². The summed E-state index contributed by atoms with van der Waals surface area (Å²) in [5.74, 6) is -2.19. The normalized spacial score (nSPS) is 28.1. The predicted octanol–water partition coefficient (Wildman–Crippen LogP) is -0.0622. The topological polar surface area (TPSA) is 57.6 Å². The smallest absolute Gasteiger partial charge is 0.318 e. The lowest BCUT2D eigenvalue weighted by atomic mass is 9.76. The second-order valence-corrected chi connectivity index (χ2v) is 3.32. The van der Waals surface area contributed by atoms with Gasteiger partial charge in [-0.15, -0.1) is 0 Å². The molecule has 62 valence electrons. The van der Waals surface area contributed by atoms with E-state index in [9.17, 15) is 9.59 Å². The van der Waals surface area contributed by atoms with Crippen molar-refractivity contribution in [2.24, 2.45) is 5.92 Å². The Labute approximate surface area is 64.8 Å². The number of rotatable bonds is 1. The molecule has 1 amide bonds. The molecule has 11 heavy (non-hydrogen) atoms. The van der Waals surface area contributed by atoms with Crippen molar-refractivity contribution >= 4 is 11.9 Å². The van der Waals surface area contributed by atoms with Gasteiger partial charge >= 0.3 is 5.97 Å². The summed E-state index contributed by atoms with van der Waals surface area (Å²) in [5.41, 5.74) is -0.525. The summed E-state index contributed by atoms with van der Waals surface area (Å²) < 4.78 is 0. The van der Waals surface area contributed by atoms with Crippen LogP contribution in [0, 0.1) is 5.92 Å². The maximum atomic E-state index is 11.0. The van der Waals surface area contributed by atoms with Crippen LogP contribution in [0.25, 0.3) is 0 Å². The monoisotopic (exact) mass is 157 g/mol. The summed E-state index contributed by atoms with van der Waals surface area (Å²) in [6, 6.07) is 0. The molecule has 0 aromatic carbocycles. The molecule has 0 aromatic heterocycles. The van der Waals surface area contributed by atoms with Crippen LogP contribution in [0.4, 0.5) is 0 Å². The summed E-state index contributed by atoms with van der Waals surface area (Å²) in [4.78, 5) is 22.9. The van der Waals surface area contributed by atoms with Crippen molar-refractivity contribution in [3.63, 3.8) is 0 Å². The molecule has 1 N–H and O–H groups in total. The zero-order valence-electron chi connectivity index (χ0n) is 6.79. The Balaban J connectivity index is 2.85. The average molecular weight is 157 g/mol. The van der Waals surface area contributed by atoms with Gasteiger partial charge in [-0.3, -0.25) is 9.59 Å². The van der Waals surface area contributed by atoms with Crippen LogP contribution in [0.15, 0.2) is 0 Å². The predicted molar refractivity (Wildman–Crippen MR) is 38.0 cm³/mol. The minimum atomic E-state index is -1.03. The summed E-state index contributed by atoms with van der Waals surface area (Å²) in [6.45, 7) is 3.49. The molecule has 1 rings (SSSR count). The number of carboxylic acid groups (broad SMARTS) is 1. The van der Waals surface area contributed by atoms with Crippen LogP contribution in [0.2, 0.25) is 0 Å². The van der Waals surface area contributed by atoms with E-state index in [1.807, 2.05) is 0 Å². The third-order valence-corrected chi connectivity index (χ3v) is 2.40. The fourth-order valence-corrected chi connectivity index (χ4v) is 1.32. The molecule has 0 aliphatic carbocycles. The van der Waals surface area contributed by atoms with E-state index in [0.717, 1.165) is 0 Å². The molecule has 1 heterocycles. The van der Waals surface area contributed by atoms with Gasteiger partial charge in [0.1, 0.15) is 0 Å². The first kappa shape index (κ1) is 8.04. The number of amides is 1. The molecule has 1 unspecified atom stereocenters. The van der Waals surface area contributed by atoms with Crippen molar-refractivity contribution in [2.45, 2.75) is 19.4 Å². The highest BCUT2D eigenvalue weighted by atomic mass is 16.4. The zero-order chi connectivity index (χ0) is 8.81. The number of carbonyl (C=O) groups is 2. The molecule has 0 saturated carbocycles. The van der Waals surface area contributed by atoms with E-state index in [1.54, 1.807) is 20.9 Å². The van der Waals surface area contributed by atoms with Crippen LogP contribution in [0.3, 0.4) is 0 Å². The Bertz CT molecular complexity index is 222. The quantitative estimate of drug-likeness (QED) is 0.428. The summed E-state index contributed by atoms with van der Waals surface area (Å²) in [5, 5.41) is 8.61. The van der Waals surface area contributed by atoms with Crippen molar-refractivity contribution in [1.29, 1.82) is 0 Å². The summed E-state index contributed by atoms with van der Waals surface area (Å²) in [6.07, 6.45) is 0. The Hall–Kier alpha value is -1.06. The maximum absolute atomic E-state index is 11.0. The number of aliphatic carboxylic acids is 1. The van der Waals surface area contributed by atoms with E-state index in [1.165, 1.54) is 4.90 Å². The molecular weight excluding hydrogens is 146 g/mol. The first-order valence-electron chi connectivity index (χ1n) is 3.39. The maximum Gasteiger partial charge on any atom is 0.318 e. The molecular formula is C7H11NO3. The molecule has 1 fully saturated rings. The van der Waals surface area contributed by atoms with Crippen LogP contribution >= 0.6 is 0 Å². The highest BCUT2D eigenvalue weighted by molar-refractivity contribution is 6.03. The lowest BCUT2D eigenvalue weighted by Crippen LogP contribution is -2.68. The standard InChI is InChI=1S/C7H11NO3/c1-7(2)4(6(10)11)5(9)8(7)3/h4H,1-3H3,(H,10,11). The van der Waals surface area contributed by atoms with Gasteiger partial charge in [0.05, 0.1) is 5.54 Å². The average Bonchev–Trinajstić information content (AvgIpc) is 1.85. The van der Waals surface area contributed by atoms with Gasteiger partial charge in [0.2, 0.25) is 5.91 Å². The number of carbonyl (C=O) groups excluding carboxylic acids is 1. The summed E-state index contributed by atoms with van der Waals surface area (Å²) >= 11 is 0. The van der Waals surface area contributed by atoms with Gasteiger partial charge in [0.25, 0.3) is 0 Å². The SMILES string of the molecule is CN1C(=O)C(C(=O)O)C1(C)C. The fourth-order valence-electron chi connectivity index (χ4n) is 1.32. The van der Waals surface area contributed by atoms with Crippen LogP contribution in [0.5, 0.6) is 0 Å². The molecule has 0 bridgehead atoms. The van der Waals surface area contributed by atoms with Gasteiger partial charge in [-0.25, -0.2) is 0 Å². The van der Waals surface area contributed by atoms with E-state index in [0.29, 0.717) is 0 Å². The Morgan fingerprint density at radius 3 is 2.27 bits per heavy atom. The molecule has 0 aromatic rings. The highest BCUT2D eigenvalue weighted by Crippen LogP contribution is 2.35. The number of nitrogens with zero attached hydrogens (tertiary/aromatic N) is 1. The molecule has 1 aliphatic heterocycles. The van der Waals surface area contributed by atoms with E-state index in [2.05, 4.69) is 0 Å². The fraction of sp³-hybridized carbons (Fsp3) is 0.714. The first-order valence-corrected chi connectivity index (χ1v) is 3.39. The Morgan fingerprint density at radius 2 is 2.09 bits per heavy atom. The second kappa shape index (κ2) is 1.96. The number of hydrogen-bond acceptors (Lipinski definition) is 2.